The number of amides is 1. The van der Waals surface area contributed by atoms with Crippen LogP contribution in [0.2, 0.25) is 0 Å². The Bertz CT molecular complexity index is 371. The summed E-state index contributed by atoms with van der Waals surface area (Å²) in [5.74, 6) is 0.559. The molecule has 0 spiro atoms. The summed E-state index contributed by atoms with van der Waals surface area (Å²) in [5, 5.41) is 5.82. The van der Waals surface area contributed by atoms with E-state index in [4.69, 9.17) is 4.74 Å². The molecule has 17 heavy (non-hydrogen) atoms. The van der Waals surface area contributed by atoms with E-state index in [9.17, 15) is 4.79 Å². The van der Waals surface area contributed by atoms with Crippen LogP contribution in [0.5, 0.6) is 5.75 Å². The first kappa shape index (κ1) is 14.0. The average molecular weight is 301 g/mol. The standard InChI is InChI=1S/C12H17BrN2O2/c1-9(14-2)7-15-12(16)8-17-11-5-3-4-10(13)6-11/h3-6,9,14H,7-8H2,1-2H3,(H,15,16). The van der Waals surface area contributed by atoms with E-state index < -0.39 is 0 Å². The van der Waals surface area contributed by atoms with Gasteiger partial charge in [0.1, 0.15) is 5.75 Å². The lowest BCUT2D eigenvalue weighted by molar-refractivity contribution is -0.123. The Balaban J connectivity index is 2.28. The van der Waals surface area contributed by atoms with Crippen molar-refractivity contribution in [3.8, 4) is 5.75 Å². The van der Waals surface area contributed by atoms with Gasteiger partial charge < -0.3 is 15.4 Å². The summed E-state index contributed by atoms with van der Waals surface area (Å²) in [6.45, 7) is 2.62. The second-order valence-corrected chi connectivity index (χ2v) is 4.66. The van der Waals surface area contributed by atoms with E-state index in [2.05, 4.69) is 26.6 Å². The molecule has 1 aromatic rings. The van der Waals surface area contributed by atoms with Gasteiger partial charge in [0.05, 0.1) is 0 Å². The molecule has 0 heterocycles. The highest BCUT2D eigenvalue weighted by Crippen LogP contribution is 2.17. The van der Waals surface area contributed by atoms with Crippen molar-refractivity contribution in [2.24, 2.45) is 0 Å². The molecule has 0 aliphatic heterocycles. The highest BCUT2D eigenvalue weighted by atomic mass is 79.9. The van der Waals surface area contributed by atoms with E-state index in [0.29, 0.717) is 12.3 Å². The molecule has 1 atom stereocenters. The third-order valence-electron chi connectivity index (χ3n) is 2.26. The first-order valence-corrected chi connectivity index (χ1v) is 6.23. The normalized spacial score (nSPS) is 11.9. The Morgan fingerprint density at radius 1 is 1.53 bits per heavy atom. The summed E-state index contributed by atoms with van der Waals surface area (Å²) in [6, 6.07) is 7.66. The van der Waals surface area contributed by atoms with Crippen molar-refractivity contribution in [3.05, 3.63) is 28.7 Å². The summed E-state index contributed by atoms with van der Waals surface area (Å²) >= 11 is 3.34. The molecule has 4 nitrogen and oxygen atoms in total. The minimum atomic E-state index is -0.118. The number of rotatable bonds is 6. The molecule has 1 rings (SSSR count). The van der Waals surface area contributed by atoms with Crippen LogP contribution >= 0.6 is 15.9 Å². The zero-order valence-electron chi connectivity index (χ0n) is 10.00. The lowest BCUT2D eigenvalue weighted by atomic mass is 10.3. The summed E-state index contributed by atoms with van der Waals surface area (Å²) in [4.78, 5) is 11.4. The van der Waals surface area contributed by atoms with Gasteiger partial charge in [-0.05, 0) is 32.2 Å². The van der Waals surface area contributed by atoms with E-state index in [1.807, 2.05) is 38.2 Å². The maximum Gasteiger partial charge on any atom is 0.257 e. The molecule has 0 fully saturated rings. The van der Waals surface area contributed by atoms with Gasteiger partial charge in [-0.2, -0.15) is 0 Å². The number of likely N-dealkylation sites (N-methyl/N-ethyl adjacent to an activating group) is 1. The van der Waals surface area contributed by atoms with Gasteiger partial charge in [0.25, 0.3) is 5.91 Å². The minimum absolute atomic E-state index is 0.0346. The summed E-state index contributed by atoms with van der Waals surface area (Å²) in [7, 11) is 1.86. The number of benzene rings is 1. The average Bonchev–Trinajstić information content (AvgIpc) is 2.33. The van der Waals surface area contributed by atoms with Crippen LogP contribution in [0.1, 0.15) is 6.92 Å². The predicted molar refractivity (Wildman–Crippen MR) is 71.2 cm³/mol. The molecular formula is C12H17BrN2O2. The summed E-state index contributed by atoms with van der Waals surface area (Å²) in [5.41, 5.74) is 0. The summed E-state index contributed by atoms with van der Waals surface area (Å²) < 4.78 is 6.28. The lowest BCUT2D eigenvalue weighted by Crippen LogP contribution is -2.39. The number of hydrogen-bond donors (Lipinski definition) is 2. The van der Waals surface area contributed by atoms with Crippen molar-refractivity contribution >= 4 is 21.8 Å². The van der Waals surface area contributed by atoms with Gasteiger partial charge >= 0.3 is 0 Å². The molecule has 0 saturated heterocycles. The van der Waals surface area contributed by atoms with Gasteiger partial charge in [0, 0.05) is 17.1 Å². The van der Waals surface area contributed by atoms with Gasteiger partial charge in [0.15, 0.2) is 6.61 Å². The number of carbonyl (C=O) groups excluding carboxylic acids is 1. The molecule has 2 N–H and O–H groups in total. The van der Waals surface area contributed by atoms with Crippen molar-refractivity contribution in [3.63, 3.8) is 0 Å². The molecule has 0 radical (unpaired) electrons. The Morgan fingerprint density at radius 2 is 2.29 bits per heavy atom. The maximum atomic E-state index is 11.4. The molecule has 5 heteroatoms. The van der Waals surface area contributed by atoms with E-state index in [0.717, 1.165) is 4.47 Å². The van der Waals surface area contributed by atoms with Crippen LogP contribution in [0.15, 0.2) is 28.7 Å². The first-order chi connectivity index (χ1) is 8.11. The van der Waals surface area contributed by atoms with Gasteiger partial charge in [-0.1, -0.05) is 22.0 Å². The second kappa shape index (κ2) is 7.29. The third-order valence-corrected chi connectivity index (χ3v) is 2.76. The Morgan fingerprint density at radius 3 is 2.94 bits per heavy atom. The van der Waals surface area contributed by atoms with Crippen molar-refractivity contribution in [2.75, 3.05) is 20.2 Å². The molecule has 0 aliphatic carbocycles. The number of ether oxygens (including phenoxy) is 1. The van der Waals surface area contributed by atoms with Gasteiger partial charge in [-0.15, -0.1) is 0 Å². The van der Waals surface area contributed by atoms with Crippen LogP contribution in [-0.2, 0) is 4.79 Å². The number of hydrogen-bond acceptors (Lipinski definition) is 3. The van der Waals surface area contributed by atoms with E-state index in [-0.39, 0.29) is 18.6 Å². The Kier molecular flexibility index (Phi) is 6.00. The molecule has 0 aliphatic rings. The van der Waals surface area contributed by atoms with Crippen LogP contribution in [0.25, 0.3) is 0 Å². The van der Waals surface area contributed by atoms with E-state index in [1.54, 1.807) is 0 Å². The quantitative estimate of drug-likeness (QED) is 0.838. The highest BCUT2D eigenvalue weighted by molar-refractivity contribution is 9.10. The Hall–Kier alpha value is -1.07. The van der Waals surface area contributed by atoms with Crippen LogP contribution in [0, 0.1) is 0 Å². The number of nitrogens with one attached hydrogen (secondary N) is 2. The zero-order chi connectivity index (χ0) is 12.7. The molecule has 0 bridgehead atoms. The van der Waals surface area contributed by atoms with Gasteiger partial charge in [0.2, 0.25) is 0 Å². The molecule has 1 amide bonds. The molecule has 1 aromatic carbocycles. The van der Waals surface area contributed by atoms with Crippen LogP contribution < -0.4 is 15.4 Å². The van der Waals surface area contributed by atoms with Crippen molar-refractivity contribution in [2.45, 2.75) is 13.0 Å². The largest absolute Gasteiger partial charge is 0.484 e. The molecule has 0 saturated carbocycles. The predicted octanol–water partition coefficient (Wildman–Crippen LogP) is 1.55. The second-order valence-electron chi connectivity index (χ2n) is 3.74. The monoisotopic (exact) mass is 300 g/mol. The topological polar surface area (TPSA) is 50.4 Å². The molecule has 1 unspecified atom stereocenters. The molecular weight excluding hydrogens is 284 g/mol. The first-order valence-electron chi connectivity index (χ1n) is 5.44. The SMILES string of the molecule is CNC(C)CNC(=O)COc1cccc(Br)c1. The van der Waals surface area contributed by atoms with Crippen molar-refractivity contribution in [1.29, 1.82) is 0 Å². The fraction of sp³-hybridized carbons (Fsp3) is 0.417. The smallest absolute Gasteiger partial charge is 0.257 e. The Labute approximate surface area is 110 Å². The van der Waals surface area contributed by atoms with Crippen molar-refractivity contribution < 1.29 is 9.53 Å². The number of halogens is 1. The zero-order valence-corrected chi connectivity index (χ0v) is 11.6. The van der Waals surface area contributed by atoms with Crippen LogP contribution in [-0.4, -0.2) is 32.1 Å². The lowest BCUT2D eigenvalue weighted by Gasteiger charge is -2.11. The fourth-order valence-electron chi connectivity index (χ4n) is 1.13. The maximum absolute atomic E-state index is 11.4. The summed E-state index contributed by atoms with van der Waals surface area (Å²) in [6.07, 6.45) is 0. The molecule has 94 valence electrons. The molecule has 0 aromatic heterocycles. The fourth-order valence-corrected chi connectivity index (χ4v) is 1.50. The van der Waals surface area contributed by atoms with E-state index >= 15 is 0 Å². The number of carbonyl (C=O) groups is 1. The van der Waals surface area contributed by atoms with Crippen LogP contribution in [0.4, 0.5) is 0 Å². The van der Waals surface area contributed by atoms with Gasteiger partial charge in [-0.3, -0.25) is 4.79 Å². The van der Waals surface area contributed by atoms with Gasteiger partial charge in [-0.25, -0.2) is 0 Å². The highest BCUT2D eigenvalue weighted by Gasteiger charge is 2.04. The minimum Gasteiger partial charge on any atom is -0.484 e. The van der Waals surface area contributed by atoms with E-state index in [1.165, 1.54) is 0 Å². The van der Waals surface area contributed by atoms with Crippen molar-refractivity contribution in [1.82, 2.24) is 10.6 Å². The van der Waals surface area contributed by atoms with Crippen LogP contribution in [0.3, 0.4) is 0 Å². The third kappa shape index (κ3) is 5.70.